The van der Waals surface area contributed by atoms with Gasteiger partial charge in [-0.15, -0.1) is 0 Å². The molecule has 0 spiro atoms. The van der Waals surface area contributed by atoms with E-state index in [9.17, 15) is 5.11 Å². The van der Waals surface area contributed by atoms with Crippen molar-refractivity contribution in [3.63, 3.8) is 0 Å². The summed E-state index contributed by atoms with van der Waals surface area (Å²) in [5.41, 5.74) is 3.86. The van der Waals surface area contributed by atoms with E-state index < -0.39 is 0 Å². The van der Waals surface area contributed by atoms with Gasteiger partial charge in [-0.1, -0.05) is 35.9 Å². The molecule has 0 aliphatic carbocycles. The molecule has 2 heteroatoms. The average Bonchev–Trinajstić information content (AvgIpc) is 2.31. The molecule has 2 rings (SSSR count). The molecule has 0 aromatic heterocycles. The van der Waals surface area contributed by atoms with Gasteiger partial charge in [0.15, 0.2) is 0 Å². The van der Waals surface area contributed by atoms with Crippen molar-refractivity contribution in [1.82, 2.24) is 0 Å². The van der Waals surface area contributed by atoms with Crippen LogP contribution in [0.15, 0.2) is 42.5 Å². The molecule has 0 bridgehead atoms. The van der Waals surface area contributed by atoms with Gasteiger partial charge in [0, 0.05) is 11.8 Å². The van der Waals surface area contributed by atoms with E-state index in [0.29, 0.717) is 5.56 Å². The van der Waals surface area contributed by atoms with Gasteiger partial charge in [0.2, 0.25) is 0 Å². The van der Waals surface area contributed by atoms with Crippen molar-refractivity contribution in [2.45, 2.75) is 6.92 Å². The first-order chi connectivity index (χ1) is 7.70. The monoisotopic (exact) mass is 211 g/mol. The number of phenolic OH excluding ortho intramolecular Hbond substituents is 1. The Balaban J connectivity index is 2.48. The average molecular weight is 211 g/mol. The fourth-order valence-corrected chi connectivity index (χ4v) is 1.60. The Morgan fingerprint density at radius 3 is 2.25 bits per heavy atom. The van der Waals surface area contributed by atoms with Crippen LogP contribution in [-0.2, 0) is 0 Å². The van der Waals surface area contributed by atoms with E-state index in [1.807, 2.05) is 43.3 Å². The molecule has 0 unspecified atom stereocenters. The highest BCUT2D eigenvalue weighted by Gasteiger charge is 2.02. The van der Waals surface area contributed by atoms with Crippen LogP contribution in [0.2, 0.25) is 0 Å². The second kappa shape index (κ2) is 4.19. The summed E-state index contributed by atoms with van der Waals surface area (Å²) >= 11 is 0. The van der Waals surface area contributed by atoms with Crippen LogP contribution in [0, 0.1) is 12.3 Å². The number of phenols is 1. The van der Waals surface area contributed by atoms with Crippen LogP contribution in [0.1, 0.15) is 11.1 Å². The lowest BCUT2D eigenvalue weighted by molar-refractivity contribution is 0.474. The predicted octanol–water partition coefficient (Wildman–Crippen LogP) is 3.37. The first-order valence-electron chi connectivity index (χ1n) is 5.11. The molecule has 0 amide bonds. The van der Waals surface area contributed by atoms with E-state index in [2.05, 4.69) is 0 Å². The Morgan fingerprint density at radius 1 is 1.00 bits per heavy atom. The largest absolute Gasteiger partial charge is 0.507 e. The first-order valence-corrected chi connectivity index (χ1v) is 5.11. The molecule has 2 N–H and O–H groups in total. The maximum absolute atomic E-state index is 9.47. The van der Waals surface area contributed by atoms with E-state index in [1.54, 1.807) is 6.07 Å². The molecule has 0 saturated carbocycles. The lowest BCUT2D eigenvalue weighted by atomic mass is 10.0. The highest BCUT2D eigenvalue weighted by molar-refractivity contribution is 5.84. The van der Waals surface area contributed by atoms with E-state index in [-0.39, 0.29) is 5.75 Å². The Hall–Kier alpha value is -2.09. The zero-order valence-electron chi connectivity index (χ0n) is 9.07. The number of hydrogen-bond donors (Lipinski definition) is 2. The fourth-order valence-electron chi connectivity index (χ4n) is 1.60. The third-order valence-corrected chi connectivity index (χ3v) is 2.57. The van der Waals surface area contributed by atoms with Gasteiger partial charge in [0.1, 0.15) is 5.75 Å². The molecule has 0 radical (unpaired) electrons. The number of benzene rings is 2. The second-order valence-electron chi connectivity index (χ2n) is 3.78. The van der Waals surface area contributed by atoms with E-state index >= 15 is 0 Å². The zero-order valence-corrected chi connectivity index (χ0v) is 9.07. The van der Waals surface area contributed by atoms with Crippen molar-refractivity contribution in [3.05, 3.63) is 53.6 Å². The summed E-state index contributed by atoms with van der Waals surface area (Å²) in [6.45, 7) is 2.05. The molecule has 0 saturated heterocycles. The second-order valence-corrected chi connectivity index (χ2v) is 3.78. The summed E-state index contributed by atoms with van der Waals surface area (Å²) < 4.78 is 0. The van der Waals surface area contributed by atoms with Crippen LogP contribution in [-0.4, -0.2) is 11.3 Å². The molecule has 0 fully saturated rings. The minimum Gasteiger partial charge on any atom is -0.507 e. The van der Waals surface area contributed by atoms with E-state index in [1.165, 1.54) is 5.56 Å². The molecular formula is C14H13NO. The van der Waals surface area contributed by atoms with Crippen molar-refractivity contribution in [2.24, 2.45) is 0 Å². The summed E-state index contributed by atoms with van der Waals surface area (Å²) in [6.07, 6.45) is 1.16. The smallest absolute Gasteiger partial charge is 0.124 e. The quantitative estimate of drug-likeness (QED) is 0.735. The van der Waals surface area contributed by atoms with Crippen molar-refractivity contribution in [1.29, 1.82) is 5.41 Å². The molecule has 0 atom stereocenters. The van der Waals surface area contributed by atoms with Crippen LogP contribution in [0.3, 0.4) is 0 Å². The molecule has 0 aliphatic rings. The third-order valence-electron chi connectivity index (χ3n) is 2.57. The van der Waals surface area contributed by atoms with Gasteiger partial charge >= 0.3 is 0 Å². The highest BCUT2D eigenvalue weighted by atomic mass is 16.3. The minimum atomic E-state index is 0.144. The molecule has 2 aromatic carbocycles. The molecule has 2 aromatic rings. The van der Waals surface area contributed by atoms with Gasteiger partial charge < -0.3 is 10.5 Å². The lowest BCUT2D eigenvalue weighted by Crippen LogP contribution is -1.84. The Morgan fingerprint density at radius 2 is 1.62 bits per heavy atom. The summed E-state index contributed by atoms with van der Waals surface area (Å²) in [6, 6.07) is 13.5. The van der Waals surface area contributed by atoms with E-state index in [0.717, 1.165) is 17.3 Å². The topological polar surface area (TPSA) is 44.1 Å². The number of rotatable bonds is 2. The summed E-state index contributed by atoms with van der Waals surface area (Å²) in [5, 5.41) is 16.7. The highest BCUT2D eigenvalue weighted by Crippen LogP contribution is 2.25. The number of hydrogen-bond acceptors (Lipinski definition) is 2. The van der Waals surface area contributed by atoms with Crippen LogP contribution in [0.5, 0.6) is 5.75 Å². The fraction of sp³-hybridized carbons (Fsp3) is 0.0714. The Kier molecular flexibility index (Phi) is 2.73. The Labute approximate surface area is 94.7 Å². The van der Waals surface area contributed by atoms with Gasteiger partial charge in [-0.25, -0.2) is 0 Å². The molecular weight excluding hydrogens is 198 g/mol. The van der Waals surface area contributed by atoms with Gasteiger partial charge in [-0.05, 0) is 30.2 Å². The molecule has 80 valence electrons. The van der Waals surface area contributed by atoms with Crippen molar-refractivity contribution in [2.75, 3.05) is 0 Å². The number of nitrogens with one attached hydrogen (secondary N) is 1. The first kappa shape index (κ1) is 10.4. The van der Waals surface area contributed by atoms with Gasteiger partial charge in [-0.3, -0.25) is 0 Å². The van der Waals surface area contributed by atoms with Gasteiger partial charge in [-0.2, -0.15) is 0 Å². The van der Waals surface area contributed by atoms with Crippen LogP contribution < -0.4 is 0 Å². The standard InChI is InChI=1S/C14H13NO/c1-10-2-4-11(5-3-10)12-6-7-14(16)13(8-12)9-15/h2-9,15-16H,1H3. The summed E-state index contributed by atoms with van der Waals surface area (Å²) in [7, 11) is 0. The maximum Gasteiger partial charge on any atom is 0.124 e. The number of aryl methyl sites for hydroxylation is 1. The van der Waals surface area contributed by atoms with Gasteiger partial charge in [0.25, 0.3) is 0 Å². The number of aromatic hydroxyl groups is 1. The molecule has 0 aliphatic heterocycles. The third kappa shape index (κ3) is 1.96. The Bertz CT molecular complexity index is 515. The molecule has 2 nitrogen and oxygen atoms in total. The lowest BCUT2D eigenvalue weighted by Gasteiger charge is -2.05. The van der Waals surface area contributed by atoms with Gasteiger partial charge in [0.05, 0.1) is 0 Å². The van der Waals surface area contributed by atoms with Crippen molar-refractivity contribution >= 4 is 6.21 Å². The van der Waals surface area contributed by atoms with Crippen LogP contribution in [0.4, 0.5) is 0 Å². The van der Waals surface area contributed by atoms with Crippen molar-refractivity contribution < 1.29 is 5.11 Å². The van der Waals surface area contributed by atoms with Crippen LogP contribution >= 0.6 is 0 Å². The van der Waals surface area contributed by atoms with E-state index in [4.69, 9.17) is 5.41 Å². The predicted molar refractivity (Wildman–Crippen MR) is 66.2 cm³/mol. The normalized spacial score (nSPS) is 10.1. The summed E-state index contributed by atoms with van der Waals surface area (Å²) in [5.74, 6) is 0.144. The SMILES string of the molecule is Cc1ccc(-c2ccc(O)c(C=N)c2)cc1. The summed E-state index contributed by atoms with van der Waals surface area (Å²) in [4.78, 5) is 0. The molecule has 0 heterocycles. The molecule has 16 heavy (non-hydrogen) atoms. The minimum absolute atomic E-state index is 0.144. The maximum atomic E-state index is 9.47. The van der Waals surface area contributed by atoms with Crippen molar-refractivity contribution in [3.8, 4) is 16.9 Å². The van der Waals surface area contributed by atoms with Crippen LogP contribution in [0.25, 0.3) is 11.1 Å². The zero-order chi connectivity index (χ0) is 11.5.